The van der Waals surface area contributed by atoms with Gasteiger partial charge in [-0.05, 0) is 19.8 Å². The SMILES string of the molecule is COC(=O)CC(C)NC(=O)C1(N)C2CCCOC2C1(C)C.Cl. The van der Waals surface area contributed by atoms with Crippen molar-refractivity contribution in [2.24, 2.45) is 17.1 Å². The first kappa shape index (κ1) is 19.2. The van der Waals surface area contributed by atoms with Crippen LogP contribution in [0.3, 0.4) is 0 Å². The summed E-state index contributed by atoms with van der Waals surface area (Å²) < 4.78 is 10.4. The highest BCUT2D eigenvalue weighted by Gasteiger charge is 2.70. The number of methoxy groups -OCH3 is 1. The Hall–Kier alpha value is -0.850. The van der Waals surface area contributed by atoms with Gasteiger partial charge in [-0.25, -0.2) is 0 Å². The second-order valence-corrected chi connectivity index (χ2v) is 6.79. The molecule has 4 unspecified atom stereocenters. The first-order chi connectivity index (χ1) is 9.75. The first-order valence-corrected chi connectivity index (χ1v) is 7.53. The van der Waals surface area contributed by atoms with Gasteiger partial charge in [-0.3, -0.25) is 9.59 Å². The number of nitrogens with one attached hydrogen (secondary N) is 1. The maximum atomic E-state index is 12.7. The molecule has 0 aromatic heterocycles. The van der Waals surface area contributed by atoms with Crippen LogP contribution in [0.25, 0.3) is 0 Å². The van der Waals surface area contributed by atoms with Gasteiger partial charge in [0.05, 0.1) is 19.6 Å². The molecule has 22 heavy (non-hydrogen) atoms. The van der Waals surface area contributed by atoms with Gasteiger partial charge in [0.15, 0.2) is 0 Å². The zero-order valence-corrected chi connectivity index (χ0v) is 14.5. The van der Waals surface area contributed by atoms with Crippen molar-refractivity contribution in [2.75, 3.05) is 13.7 Å². The third-order valence-corrected chi connectivity index (χ3v) is 5.14. The predicted octanol–water partition coefficient (Wildman–Crippen LogP) is 1.01. The average Bonchev–Trinajstić information content (AvgIpc) is 2.45. The quantitative estimate of drug-likeness (QED) is 0.749. The van der Waals surface area contributed by atoms with Crippen molar-refractivity contribution in [1.82, 2.24) is 5.32 Å². The van der Waals surface area contributed by atoms with Crippen molar-refractivity contribution in [2.45, 2.75) is 57.7 Å². The fourth-order valence-corrected chi connectivity index (χ4v) is 3.76. The van der Waals surface area contributed by atoms with Crippen molar-refractivity contribution in [3.05, 3.63) is 0 Å². The number of halogens is 1. The molecule has 1 saturated carbocycles. The minimum Gasteiger partial charge on any atom is -0.469 e. The molecule has 0 bridgehead atoms. The predicted molar refractivity (Wildman–Crippen MR) is 84.6 cm³/mol. The van der Waals surface area contributed by atoms with E-state index < -0.39 is 11.0 Å². The lowest BCUT2D eigenvalue weighted by atomic mass is 9.46. The van der Waals surface area contributed by atoms with Crippen LogP contribution >= 0.6 is 12.4 Å². The molecule has 4 atom stereocenters. The van der Waals surface area contributed by atoms with E-state index in [1.807, 2.05) is 13.8 Å². The lowest BCUT2D eigenvalue weighted by Crippen LogP contribution is -2.82. The highest BCUT2D eigenvalue weighted by atomic mass is 35.5. The molecule has 0 spiro atoms. The van der Waals surface area contributed by atoms with E-state index in [1.165, 1.54) is 7.11 Å². The monoisotopic (exact) mass is 334 g/mol. The van der Waals surface area contributed by atoms with Crippen LogP contribution in [0.2, 0.25) is 0 Å². The number of hydrogen-bond donors (Lipinski definition) is 2. The Kier molecular flexibility index (Phi) is 5.87. The number of hydrogen-bond acceptors (Lipinski definition) is 5. The minimum absolute atomic E-state index is 0. The molecule has 6 nitrogen and oxygen atoms in total. The fourth-order valence-electron chi connectivity index (χ4n) is 3.76. The first-order valence-electron chi connectivity index (χ1n) is 7.53. The summed E-state index contributed by atoms with van der Waals surface area (Å²) >= 11 is 0. The normalized spacial score (nSPS) is 33.5. The summed E-state index contributed by atoms with van der Waals surface area (Å²) in [5.41, 5.74) is 5.13. The summed E-state index contributed by atoms with van der Waals surface area (Å²) in [6.07, 6.45) is 2.02. The number of carbonyl (C=O) groups is 2. The standard InChI is InChI=1S/C15H26N2O4.ClH/c1-9(8-11(18)20-4)17-13(19)15(16)10-6-5-7-21-12(10)14(15,2)3;/h9-10,12H,5-8,16H2,1-4H3,(H,17,19);1H. The molecule has 2 aliphatic rings. The Bertz CT molecular complexity index is 443. The fraction of sp³-hybridized carbons (Fsp3) is 0.867. The van der Waals surface area contributed by atoms with E-state index in [0.29, 0.717) is 0 Å². The molecule has 1 amide bonds. The number of nitrogens with two attached hydrogens (primary N) is 1. The summed E-state index contributed by atoms with van der Waals surface area (Å²) in [5.74, 6) is -0.497. The van der Waals surface area contributed by atoms with Crippen LogP contribution in [-0.4, -0.2) is 43.3 Å². The van der Waals surface area contributed by atoms with Gasteiger partial charge >= 0.3 is 5.97 Å². The van der Waals surface area contributed by atoms with Crippen LogP contribution in [0.1, 0.15) is 40.0 Å². The third kappa shape index (κ3) is 2.84. The molecule has 0 aromatic rings. The molecule has 2 fully saturated rings. The van der Waals surface area contributed by atoms with Crippen LogP contribution < -0.4 is 11.1 Å². The Morgan fingerprint density at radius 3 is 2.68 bits per heavy atom. The second kappa shape index (κ2) is 6.72. The van der Waals surface area contributed by atoms with Crippen LogP contribution in [0.5, 0.6) is 0 Å². The summed E-state index contributed by atoms with van der Waals surface area (Å²) in [6, 6.07) is -0.301. The molecule has 2 rings (SSSR count). The largest absolute Gasteiger partial charge is 0.469 e. The van der Waals surface area contributed by atoms with Gasteiger partial charge < -0.3 is 20.5 Å². The van der Waals surface area contributed by atoms with E-state index in [0.717, 1.165) is 19.4 Å². The molecular weight excluding hydrogens is 308 g/mol. The van der Waals surface area contributed by atoms with Crippen molar-refractivity contribution >= 4 is 24.3 Å². The summed E-state index contributed by atoms with van der Waals surface area (Å²) in [7, 11) is 1.33. The van der Waals surface area contributed by atoms with E-state index >= 15 is 0 Å². The van der Waals surface area contributed by atoms with Crippen molar-refractivity contribution in [3.8, 4) is 0 Å². The average molecular weight is 335 g/mol. The summed E-state index contributed by atoms with van der Waals surface area (Å²) in [6.45, 7) is 6.47. The van der Waals surface area contributed by atoms with E-state index in [9.17, 15) is 9.59 Å². The molecule has 1 aliphatic carbocycles. The molecule has 7 heteroatoms. The third-order valence-electron chi connectivity index (χ3n) is 5.14. The zero-order chi connectivity index (χ0) is 15.8. The van der Waals surface area contributed by atoms with Crippen molar-refractivity contribution in [1.29, 1.82) is 0 Å². The molecule has 3 N–H and O–H groups in total. The number of esters is 1. The molecule has 0 radical (unpaired) electrons. The van der Waals surface area contributed by atoms with Crippen LogP contribution in [0.4, 0.5) is 0 Å². The number of amides is 1. The molecule has 128 valence electrons. The molecule has 1 aliphatic heterocycles. The number of fused-ring (bicyclic) bond motifs is 1. The van der Waals surface area contributed by atoms with Crippen molar-refractivity contribution in [3.63, 3.8) is 0 Å². The van der Waals surface area contributed by atoms with Gasteiger partial charge in [0, 0.05) is 24.0 Å². The van der Waals surface area contributed by atoms with E-state index in [1.54, 1.807) is 6.92 Å². The lowest BCUT2D eigenvalue weighted by Gasteiger charge is -2.65. The Morgan fingerprint density at radius 1 is 1.45 bits per heavy atom. The second-order valence-electron chi connectivity index (χ2n) is 6.79. The van der Waals surface area contributed by atoms with Crippen LogP contribution in [-0.2, 0) is 19.1 Å². The van der Waals surface area contributed by atoms with Crippen LogP contribution in [0, 0.1) is 11.3 Å². The van der Waals surface area contributed by atoms with Gasteiger partial charge in [-0.15, -0.1) is 12.4 Å². The molecule has 1 heterocycles. The lowest BCUT2D eigenvalue weighted by molar-refractivity contribution is -0.225. The van der Waals surface area contributed by atoms with Gasteiger partial charge in [0.25, 0.3) is 0 Å². The number of carbonyl (C=O) groups excluding carboxylic acids is 2. The van der Waals surface area contributed by atoms with Crippen molar-refractivity contribution < 1.29 is 19.1 Å². The van der Waals surface area contributed by atoms with E-state index in [2.05, 4.69) is 10.1 Å². The topological polar surface area (TPSA) is 90.7 Å². The van der Waals surface area contributed by atoms with Gasteiger partial charge in [0.1, 0.15) is 5.54 Å². The highest BCUT2D eigenvalue weighted by molar-refractivity contribution is 5.90. The molecule has 1 saturated heterocycles. The van der Waals surface area contributed by atoms with Gasteiger partial charge in [-0.2, -0.15) is 0 Å². The Labute approximate surface area is 137 Å². The van der Waals surface area contributed by atoms with Crippen LogP contribution in [0.15, 0.2) is 0 Å². The zero-order valence-electron chi connectivity index (χ0n) is 13.7. The number of rotatable bonds is 4. The maximum Gasteiger partial charge on any atom is 0.307 e. The van der Waals surface area contributed by atoms with Gasteiger partial charge in [-0.1, -0.05) is 13.8 Å². The smallest absolute Gasteiger partial charge is 0.307 e. The van der Waals surface area contributed by atoms with E-state index in [-0.39, 0.29) is 48.8 Å². The summed E-state index contributed by atoms with van der Waals surface area (Å²) in [5, 5.41) is 2.86. The summed E-state index contributed by atoms with van der Waals surface area (Å²) in [4.78, 5) is 23.9. The minimum atomic E-state index is -0.942. The number of ether oxygens (including phenoxy) is 2. The molecular formula is C15H27ClN2O4. The van der Waals surface area contributed by atoms with Gasteiger partial charge in [0.2, 0.25) is 5.91 Å². The maximum absolute atomic E-state index is 12.7. The Balaban J connectivity index is 0.00000242. The molecule has 0 aromatic carbocycles. The highest BCUT2D eigenvalue weighted by Crippen LogP contribution is 2.57. The van der Waals surface area contributed by atoms with E-state index in [4.69, 9.17) is 10.5 Å². The Morgan fingerprint density at radius 2 is 2.09 bits per heavy atom.